The second kappa shape index (κ2) is 11.7. The van der Waals surface area contributed by atoms with Crippen LogP contribution in [0.25, 0.3) is 22.0 Å². The van der Waals surface area contributed by atoms with Crippen molar-refractivity contribution in [2.45, 2.75) is 69.1 Å². The minimum atomic E-state index is -0.305. The van der Waals surface area contributed by atoms with Crippen LogP contribution >= 0.6 is 11.6 Å². The Morgan fingerprint density at radius 1 is 1.20 bits per heavy atom. The van der Waals surface area contributed by atoms with Crippen molar-refractivity contribution in [3.63, 3.8) is 0 Å². The molecule has 8 rings (SSSR count). The molecule has 0 N–H and O–H groups in total. The third-order valence-electron chi connectivity index (χ3n) is 10.6. The maximum absolute atomic E-state index is 12.7. The Labute approximate surface area is 274 Å². The number of likely N-dealkylation sites (tertiary alicyclic amines) is 1. The minimum absolute atomic E-state index is 0.119. The van der Waals surface area contributed by atoms with Crippen LogP contribution in [0, 0.1) is 17.2 Å². The molecule has 2 unspecified atom stereocenters. The Balaban J connectivity index is 1.27. The first-order chi connectivity index (χ1) is 22.4. The lowest BCUT2D eigenvalue weighted by molar-refractivity contribution is -0.128. The summed E-state index contributed by atoms with van der Waals surface area (Å²) in [5.41, 5.74) is 5.54. The van der Waals surface area contributed by atoms with Gasteiger partial charge in [-0.2, -0.15) is 15.2 Å². The highest BCUT2D eigenvalue weighted by molar-refractivity contribution is 6.35. The second-order valence-corrected chi connectivity index (χ2v) is 14.0. The van der Waals surface area contributed by atoms with Gasteiger partial charge in [-0.05, 0) is 92.8 Å². The third-order valence-corrected chi connectivity index (χ3v) is 10.9. The van der Waals surface area contributed by atoms with E-state index in [4.69, 9.17) is 31.0 Å². The van der Waals surface area contributed by atoms with Gasteiger partial charge in [0.05, 0.1) is 29.7 Å². The second-order valence-electron chi connectivity index (χ2n) is 13.6. The molecule has 5 aliphatic rings. The van der Waals surface area contributed by atoms with Crippen LogP contribution in [-0.4, -0.2) is 83.7 Å². The number of ether oxygens (including phenoxy) is 2. The molecule has 4 fully saturated rings. The summed E-state index contributed by atoms with van der Waals surface area (Å²) in [4.78, 5) is 28.9. The van der Waals surface area contributed by atoms with E-state index in [1.165, 1.54) is 23.6 Å². The first-order valence-corrected chi connectivity index (χ1v) is 17.0. The number of rotatable bonds is 9. The molecule has 0 spiro atoms. The standard InChI is InChI=1S/C36H39ClN6O3/c1-3-31(44)43-15-14-42(19-22(43)11-12-38)35-29-18-30(37)32(26-8-4-7-25-27-16-21(27)17-28(25)26)34(46-24-9-10-24)33(29)39-36(40-35)45-20-23-6-5-13-41(23)2/h3-4,7-8,18,21-24,27H,1,5-6,9-11,13-17,19-20H2,2H3/t21?,22-,23-,27?/m0/s1. The molecule has 238 valence electrons. The lowest BCUT2D eigenvalue weighted by Crippen LogP contribution is -2.55. The molecule has 10 heteroatoms. The van der Waals surface area contributed by atoms with Gasteiger partial charge in [-0.1, -0.05) is 36.4 Å². The third kappa shape index (κ3) is 5.26. The molecule has 3 aromatic rings. The van der Waals surface area contributed by atoms with Gasteiger partial charge in [-0.25, -0.2) is 0 Å². The molecule has 2 saturated carbocycles. The van der Waals surface area contributed by atoms with E-state index in [1.54, 1.807) is 4.90 Å². The number of nitriles is 1. The summed E-state index contributed by atoms with van der Waals surface area (Å²) < 4.78 is 13.1. The lowest BCUT2D eigenvalue weighted by atomic mass is 9.93. The summed E-state index contributed by atoms with van der Waals surface area (Å²) in [5, 5.41) is 11.0. The van der Waals surface area contributed by atoms with Crippen molar-refractivity contribution >= 4 is 34.2 Å². The Bertz CT molecular complexity index is 1770. The van der Waals surface area contributed by atoms with Crippen molar-refractivity contribution in [3.8, 4) is 29.0 Å². The Kier molecular flexibility index (Phi) is 7.53. The van der Waals surface area contributed by atoms with Crippen molar-refractivity contribution in [2.24, 2.45) is 5.92 Å². The maximum atomic E-state index is 12.7. The first-order valence-electron chi connectivity index (χ1n) is 16.6. The number of benzene rings is 2. The molecule has 2 aromatic carbocycles. The van der Waals surface area contributed by atoms with Gasteiger partial charge in [-0.15, -0.1) is 0 Å². The topological polar surface area (TPSA) is 94.8 Å². The SMILES string of the molecule is C=CC(=O)N1CCN(c2nc(OC[C@@H]3CCCN3C)nc3c(OC4CC4)c(-c4cccc5c4CC4CC54)c(Cl)cc23)C[C@@H]1CC#N. The van der Waals surface area contributed by atoms with Crippen LogP contribution in [0.1, 0.15) is 55.6 Å². The van der Waals surface area contributed by atoms with E-state index in [1.807, 2.05) is 6.07 Å². The average Bonchev–Trinajstić information content (AvgIpc) is 3.97. The van der Waals surface area contributed by atoms with Gasteiger partial charge >= 0.3 is 6.01 Å². The number of hydrogen-bond acceptors (Lipinski definition) is 8. The van der Waals surface area contributed by atoms with E-state index in [9.17, 15) is 10.1 Å². The average molecular weight is 639 g/mol. The quantitative estimate of drug-likeness (QED) is 0.274. The smallest absolute Gasteiger partial charge is 0.319 e. The minimum Gasteiger partial charge on any atom is -0.487 e. The molecular weight excluding hydrogens is 600 g/mol. The molecule has 3 aliphatic carbocycles. The van der Waals surface area contributed by atoms with Crippen molar-refractivity contribution in [1.29, 1.82) is 5.26 Å². The molecule has 1 aromatic heterocycles. The summed E-state index contributed by atoms with van der Waals surface area (Å²) in [6.45, 7) is 6.64. The van der Waals surface area contributed by atoms with Crippen molar-refractivity contribution in [3.05, 3.63) is 53.1 Å². The van der Waals surface area contributed by atoms with E-state index in [2.05, 4.69) is 47.7 Å². The predicted molar refractivity (Wildman–Crippen MR) is 177 cm³/mol. The van der Waals surface area contributed by atoms with E-state index < -0.39 is 0 Å². The number of hydrogen-bond donors (Lipinski definition) is 0. The molecule has 1 amide bonds. The number of carbonyl (C=O) groups is 1. The molecule has 4 atom stereocenters. The van der Waals surface area contributed by atoms with Gasteiger partial charge in [-0.3, -0.25) is 4.79 Å². The monoisotopic (exact) mass is 638 g/mol. The number of likely N-dealkylation sites (N-methyl/N-ethyl adjacent to an activating group) is 1. The van der Waals surface area contributed by atoms with Crippen LogP contribution in [0.15, 0.2) is 36.9 Å². The fraction of sp³-hybridized carbons (Fsp3) is 0.500. The Morgan fingerprint density at radius 3 is 2.83 bits per heavy atom. The fourth-order valence-corrected chi connectivity index (χ4v) is 8.12. The number of nitrogens with zero attached hydrogens (tertiary/aromatic N) is 6. The molecule has 0 radical (unpaired) electrons. The van der Waals surface area contributed by atoms with Crippen LogP contribution in [0.4, 0.5) is 5.82 Å². The maximum Gasteiger partial charge on any atom is 0.319 e. The van der Waals surface area contributed by atoms with Crippen LogP contribution in [0.3, 0.4) is 0 Å². The van der Waals surface area contributed by atoms with Crippen molar-refractivity contribution < 1.29 is 14.3 Å². The number of fused-ring (bicyclic) bond motifs is 4. The van der Waals surface area contributed by atoms with E-state index in [0.29, 0.717) is 66.3 Å². The number of carbonyl (C=O) groups excluding carboxylic acids is 1. The van der Waals surface area contributed by atoms with Crippen LogP contribution in [0.2, 0.25) is 5.02 Å². The highest BCUT2D eigenvalue weighted by Crippen LogP contribution is 2.59. The van der Waals surface area contributed by atoms with Gasteiger partial charge in [0.1, 0.15) is 17.9 Å². The van der Waals surface area contributed by atoms with E-state index in [-0.39, 0.29) is 24.5 Å². The zero-order chi connectivity index (χ0) is 31.5. The van der Waals surface area contributed by atoms with E-state index >= 15 is 0 Å². The highest BCUT2D eigenvalue weighted by atomic mass is 35.5. The summed E-state index contributed by atoms with van der Waals surface area (Å²) in [7, 11) is 2.13. The molecule has 9 nitrogen and oxygen atoms in total. The molecule has 0 bridgehead atoms. The van der Waals surface area contributed by atoms with Gasteiger partial charge < -0.3 is 24.2 Å². The van der Waals surface area contributed by atoms with Crippen molar-refractivity contribution in [1.82, 2.24) is 19.8 Å². The fourth-order valence-electron chi connectivity index (χ4n) is 7.82. The summed E-state index contributed by atoms with van der Waals surface area (Å²) in [5.74, 6) is 2.61. The normalized spacial score (nSPS) is 25.2. The summed E-state index contributed by atoms with van der Waals surface area (Å²) in [6.07, 6.45) is 8.20. The van der Waals surface area contributed by atoms with Crippen LogP contribution in [-0.2, 0) is 11.2 Å². The Morgan fingerprint density at radius 2 is 2.07 bits per heavy atom. The largest absolute Gasteiger partial charge is 0.487 e. The highest BCUT2D eigenvalue weighted by Gasteiger charge is 2.46. The molecular formula is C36H39ClN6O3. The van der Waals surface area contributed by atoms with Gasteiger partial charge in [0, 0.05) is 36.6 Å². The van der Waals surface area contributed by atoms with Gasteiger partial charge in [0.25, 0.3) is 0 Å². The molecule has 46 heavy (non-hydrogen) atoms. The van der Waals surface area contributed by atoms with Crippen LogP contribution in [0.5, 0.6) is 11.8 Å². The number of piperazine rings is 1. The lowest BCUT2D eigenvalue weighted by Gasteiger charge is -2.41. The van der Waals surface area contributed by atoms with Crippen molar-refractivity contribution in [2.75, 3.05) is 44.7 Å². The number of amides is 1. The predicted octanol–water partition coefficient (Wildman–Crippen LogP) is 5.74. The molecule has 2 saturated heterocycles. The number of halogens is 1. The number of anilines is 1. The first kappa shape index (κ1) is 29.5. The molecule has 2 aliphatic heterocycles. The summed E-state index contributed by atoms with van der Waals surface area (Å²) in [6, 6.07) is 11.1. The van der Waals surface area contributed by atoms with Crippen LogP contribution < -0.4 is 14.4 Å². The zero-order valence-electron chi connectivity index (χ0n) is 26.3. The zero-order valence-corrected chi connectivity index (χ0v) is 27.0. The van der Waals surface area contributed by atoms with Gasteiger partial charge in [0.2, 0.25) is 5.91 Å². The number of aromatic nitrogens is 2. The molecule has 3 heterocycles. The Hall–Kier alpha value is -3.87. The summed E-state index contributed by atoms with van der Waals surface area (Å²) >= 11 is 7.27. The van der Waals surface area contributed by atoms with E-state index in [0.717, 1.165) is 61.1 Å². The van der Waals surface area contributed by atoms with Gasteiger partial charge in [0.15, 0.2) is 5.75 Å².